The maximum absolute atomic E-state index is 4.83. The molecule has 1 atom stereocenters. The zero-order valence-corrected chi connectivity index (χ0v) is 18.1. The van der Waals surface area contributed by atoms with Crippen LogP contribution in [0.25, 0.3) is 0 Å². The standard InChI is InChI=1S/C21H33N5S/c1-6-17-8-10-18(11-9-17)19(26(4)5)15-25-21(22-7-2)23-13-12-20-24-14-16(3)27-20/h8-11,14,19H,6-7,12-13,15H2,1-5H3,(H2,22,23,25). The van der Waals surface area contributed by atoms with E-state index in [2.05, 4.69) is 79.6 Å². The number of nitrogens with zero attached hydrogens (tertiary/aromatic N) is 3. The third kappa shape index (κ3) is 6.96. The molecule has 2 aromatic rings. The second kappa shape index (κ2) is 11.0. The van der Waals surface area contributed by atoms with E-state index in [1.807, 2.05) is 6.20 Å². The minimum absolute atomic E-state index is 0.257. The average Bonchev–Trinajstić information content (AvgIpc) is 3.07. The quantitative estimate of drug-likeness (QED) is 0.511. The Bertz CT molecular complexity index is 706. The number of guanidine groups is 1. The summed E-state index contributed by atoms with van der Waals surface area (Å²) in [6.07, 6.45) is 3.92. The maximum Gasteiger partial charge on any atom is 0.191 e. The monoisotopic (exact) mass is 387 g/mol. The van der Waals surface area contributed by atoms with Crippen LogP contribution in [-0.2, 0) is 12.8 Å². The first kappa shape index (κ1) is 21.4. The van der Waals surface area contributed by atoms with Crippen molar-refractivity contribution in [2.24, 2.45) is 4.99 Å². The molecule has 1 aromatic heterocycles. The van der Waals surface area contributed by atoms with E-state index in [1.54, 1.807) is 11.3 Å². The highest BCUT2D eigenvalue weighted by atomic mass is 32.1. The summed E-state index contributed by atoms with van der Waals surface area (Å²) in [5, 5.41) is 7.94. The number of hydrogen-bond acceptors (Lipinski definition) is 4. The van der Waals surface area contributed by atoms with Gasteiger partial charge < -0.3 is 15.5 Å². The second-order valence-electron chi connectivity index (χ2n) is 6.84. The fraction of sp³-hybridized carbons (Fsp3) is 0.524. The molecule has 0 aliphatic carbocycles. The Morgan fingerprint density at radius 1 is 1.19 bits per heavy atom. The molecule has 0 fully saturated rings. The lowest BCUT2D eigenvalue weighted by molar-refractivity contribution is 0.306. The van der Waals surface area contributed by atoms with Gasteiger partial charge in [-0.3, -0.25) is 4.99 Å². The fourth-order valence-electron chi connectivity index (χ4n) is 2.87. The van der Waals surface area contributed by atoms with Crippen LogP contribution in [0.3, 0.4) is 0 Å². The van der Waals surface area contributed by atoms with E-state index in [9.17, 15) is 0 Å². The van der Waals surface area contributed by atoms with Crippen LogP contribution in [0, 0.1) is 6.92 Å². The highest BCUT2D eigenvalue weighted by molar-refractivity contribution is 7.11. The van der Waals surface area contributed by atoms with Crippen molar-refractivity contribution < 1.29 is 0 Å². The van der Waals surface area contributed by atoms with Gasteiger partial charge in [-0.2, -0.15) is 0 Å². The van der Waals surface area contributed by atoms with Gasteiger partial charge >= 0.3 is 0 Å². The van der Waals surface area contributed by atoms with Crippen molar-refractivity contribution in [3.63, 3.8) is 0 Å². The van der Waals surface area contributed by atoms with Crippen LogP contribution >= 0.6 is 11.3 Å². The van der Waals surface area contributed by atoms with E-state index in [0.29, 0.717) is 6.54 Å². The summed E-state index contributed by atoms with van der Waals surface area (Å²) < 4.78 is 0. The van der Waals surface area contributed by atoms with Gasteiger partial charge in [-0.1, -0.05) is 31.2 Å². The summed E-state index contributed by atoms with van der Waals surface area (Å²) >= 11 is 1.76. The zero-order valence-electron chi connectivity index (χ0n) is 17.2. The highest BCUT2D eigenvalue weighted by Crippen LogP contribution is 2.19. The van der Waals surface area contributed by atoms with Crippen molar-refractivity contribution in [2.75, 3.05) is 33.7 Å². The van der Waals surface area contributed by atoms with Gasteiger partial charge in [-0.15, -0.1) is 11.3 Å². The Hall–Kier alpha value is -1.92. The summed E-state index contributed by atoms with van der Waals surface area (Å²) in [6.45, 7) is 8.76. The molecule has 0 spiro atoms. The summed E-state index contributed by atoms with van der Waals surface area (Å²) in [5.74, 6) is 0.864. The molecule has 5 nitrogen and oxygen atoms in total. The van der Waals surface area contributed by atoms with Gasteiger partial charge in [-0.05, 0) is 45.5 Å². The van der Waals surface area contributed by atoms with Crippen molar-refractivity contribution in [3.8, 4) is 0 Å². The van der Waals surface area contributed by atoms with Crippen LogP contribution in [0.2, 0.25) is 0 Å². The predicted molar refractivity (Wildman–Crippen MR) is 117 cm³/mol. The van der Waals surface area contributed by atoms with Crippen molar-refractivity contribution in [3.05, 3.63) is 51.5 Å². The molecule has 0 amide bonds. The first-order valence-corrected chi connectivity index (χ1v) is 10.5. The lowest BCUT2D eigenvalue weighted by Crippen LogP contribution is -2.39. The van der Waals surface area contributed by atoms with Crippen molar-refractivity contribution in [2.45, 2.75) is 39.7 Å². The van der Waals surface area contributed by atoms with Gasteiger partial charge in [0.15, 0.2) is 5.96 Å². The number of hydrogen-bond donors (Lipinski definition) is 2. The van der Waals surface area contributed by atoms with E-state index < -0.39 is 0 Å². The summed E-state index contributed by atoms with van der Waals surface area (Å²) in [5.41, 5.74) is 2.67. The average molecular weight is 388 g/mol. The Morgan fingerprint density at radius 2 is 1.93 bits per heavy atom. The van der Waals surface area contributed by atoms with Crippen LogP contribution < -0.4 is 10.6 Å². The lowest BCUT2D eigenvalue weighted by atomic mass is 10.0. The maximum atomic E-state index is 4.83. The van der Waals surface area contributed by atoms with Crippen LogP contribution in [0.15, 0.2) is 35.5 Å². The van der Waals surface area contributed by atoms with Crippen molar-refractivity contribution in [1.29, 1.82) is 0 Å². The highest BCUT2D eigenvalue weighted by Gasteiger charge is 2.14. The molecule has 0 bridgehead atoms. The van der Waals surface area contributed by atoms with Gasteiger partial charge in [0.05, 0.1) is 17.6 Å². The Morgan fingerprint density at radius 3 is 2.48 bits per heavy atom. The Kier molecular flexibility index (Phi) is 8.75. The summed E-state index contributed by atoms with van der Waals surface area (Å²) in [7, 11) is 4.22. The van der Waals surface area contributed by atoms with Gasteiger partial charge in [0, 0.05) is 30.6 Å². The van der Waals surface area contributed by atoms with Crippen molar-refractivity contribution in [1.82, 2.24) is 20.5 Å². The molecule has 0 saturated carbocycles. The van der Waals surface area contributed by atoms with E-state index in [4.69, 9.17) is 4.99 Å². The lowest BCUT2D eigenvalue weighted by Gasteiger charge is -2.24. The van der Waals surface area contributed by atoms with Gasteiger partial charge in [-0.25, -0.2) is 4.98 Å². The molecule has 6 heteroatoms. The smallest absolute Gasteiger partial charge is 0.191 e. The van der Waals surface area contributed by atoms with E-state index in [-0.39, 0.29) is 6.04 Å². The number of aromatic nitrogens is 1. The van der Waals surface area contributed by atoms with Crippen LogP contribution in [0.4, 0.5) is 0 Å². The van der Waals surface area contributed by atoms with Crippen LogP contribution in [-0.4, -0.2) is 49.6 Å². The largest absolute Gasteiger partial charge is 0.357 e. The normalized spacial score (nSPS) is 13.0. The second-order valence-corrected chi connectivity index (χ2v) is 8.15. The molecule has 0 radical (unpaired) electrons. The number of aryl methyl sites for hydroxylation is 2. The predicted octanol–water partition coefficient (Wildman–Crippen LogP) is 3.41. The first-order valence-electron chi connectivity index (χ1n) is 9.72. The topological polar surface area (TPSA) is 52.6 Å². The molecule has 2 rings (SSSR count). The third-order valence-electron chi connectivity index (χ3n) is 4.46. The molecule has 1 heterocycles. The number of thiazole rings is 1. The third-order valence-corrected chi connectivity index (χ3v) is 5.44. The zero-order chi connectivity index (χ0) is 19.6. The number of aliphatic imine (C=N–C) groups is 1. The molecule has 2 N–H and O–H groups in total. The summed E-state index contributed by atoms with van der Waals surface area (Å²) in [6, 6.07) is 9.14. The molecule has 1 aromatic carbocycles. The van der Waals surface area contributed by atoms with E-state index in [1.165, 1.54) is 16.0 Å². The van der Waals surface area contributed by atoms with Crippen LogP contribution in [0.1, 0.15) is 40.9 Å². The van der Waals surface area contributed by atoms with Gasteiger partial charge in [0.1, 0.15) is 0 Å². The van der Waals surface area contributed by atoms with Gasteiger partial charge in [0.2, 0.25) is 0 Å². The Labute approximate surface area is 167 Å². The molecule has 0 aliphatic rings. The van der Waals surface area contributed by atoms with Crippen molar-refractivity contribution >= 4 is 17.3 Å². The Balaban J connectivity index is 1.98. The minimum atomic E-state index is 0.257. The molecule has 1 unspecified atom stereocenters. The van der Waals surface area contributed by atoms with E-state index in [0.717, 1.165) is 36.9 Å². The molecular weight excluding hydrogens is 354 g/mol. The SMILES string of the molecule is CCNC(=NCC(c1ccc(CC)cc1)N(C)C)NCCc1ncc(C)s1. The van der Waals surface area contributed by atoms with Crippen LogP contribution in [0.5, 0.6) is 0 Å². The molecular formula is C21H33N5S. The molecule has 0 saturated heterocycles. The fourth-order valence-corrected chi connectivity index (χ4v) is 3.65. The number of likely N-dealkylation sites (N-methyl/N-ethyl adjacent to an activating group) is 1. The number of rotatable bonds is 9. The summed E-state index contributed by atoms with van der Waals surface area (Å²) in [4.78, 5) is 12.7. The minimum Gasteiger partial charge on any atom is -0.357 e. The number of nitrogens with one attached hydrogen (secondary N) is 2. The number of benzene rings is 1. The molecule has 27 heavy (non-hydrogen) atoms. The van der Waals surface area contributed by atoms with Gasteiger partial charge in [0.25, 0.3) is 0 Å². The molecule has 0 aliphatic heterocycles. The molecule has 148 valence electrons. The first-order chi connectivity index (χ1) is 13.0. The van der Waals surface area contributed by atoms with E-state index >= 15 is 0 Å².